The van der Waals surface area contributed by atoms with Crippen molar-refractivity contribution in [2.24, 2.45) is 0 Å². The molecule has 4 aliphatic carbocycles. The average molecular weight is 627 g/mol. The molecule has 10 rings (SSSR count). The summed E-state index contributed by atoms with van der Waals surface area (Å²) in [5.74, 6) is 1.53. The highest BCUT2D eigenvalue weighted by atomic mass is 15.5. The van der Waals surface area contributed by atoms with Gasteiger partial charge in [0, 0.05) is 39.9 Å². The molecule has 4 atom stereocenters. The second-order valence-electron chi connectivity index (χ2n) is 14.8. The summed E-state index contributed by atoms with van der Waals surface area (Å²) in [6, 6.07) is 25.3. The Morgan fingerprint density at radius 3 is 2.83 bits per heavy atom. The first-order valence-electron chi connectivity index (χ1n) is 17.9. The van der Waals surface area contributed by atoms with Crippen LogP contribution in [0.5, 0.6) is 0 Å². The normalized spacial score (nSPS) is 25.1. The van der Waals surface area contributed by atoms with Crippen LogP contribution in [0, 0.1) is 0 Å². The zero-order valence-electron chi connectivity index (χ0n) is 27.7. The summed E-state index contributed by atoms with van der Waals surface area (Å²) in [4.78, 5) is 2.60. The molecule has 0 bridgehead atoms. The standard InChI is InChI=1S/C44H42N4/c1-27(48-43(36-13-3-5-14-37(36)45)46-40-16-7-8-23-44(40,48)2)47-38-15-6-4-12-34(38)35-22-21-30(26-39(35)47)33-24-31-19-17-28-10-9-11-29-18-20-32(25-33)42(31)41(28)29/h3-5,9-14,17,19-22,24-26,29,40,43,46H,1,6-8,15-16,18,23,45H2,2H3. The third-order valence-corrected chi connectivity index (χ3v) is 12.2. The second kappa shape index (κ2) is 10.3. The van der Waals surface area contributed by atoms with Gasteiger partial charge in [0.25, 0.3) is 0 Å². The van der Waals surface area contributed by atoms with E-state index < -0.39 is 0 Å². The summed E-state index contributed by atoms with van der Waals surface area (Å²) < 4.78 is 2.51. The third kappa shape index (κ3) is 3.93. The lowest BCUT2D eigenvalue weighted by atomic mass is 9.79. The number of para-hydroxylation sites is 1. The average Bonchev–Trinajstić information content (AvgIpc) is 3.62. The van der Waals surface area contributed by atoms with Crippen LogP contribution in [0.15, 0.2) is 91.5 Å². The summed E-state index contributed by atoms with van der Waals surface area (Å²) in [5.41, 5.74) is 16.5. The van der Waals surface area contributed by atoms with E-state index in [2.05, 4.69) is 113 Å². The minimum Gasteiger partial charge on any atom is -0.398 e. The lowest BCUT2D eigenvalue weighted by molar-refractivity contribution is 0.138. The van der Waals surface area contributed by atoms with E-state index in [1.54, 1.807) is 0 Å². The van der Waals surface area contributed by atoms with Gasteiger partial charge in [-0.15, -0.1) is 0 Å². The van der Waals surface area contributed by atoms with Gasteiger partial charge in [0.2, 0.25) is 0 Å². The van der Waals surface area contributed by atoms with Crippen molar-refractivity contribution >= 4 is 51.4 Å². The minimum atomic E-state index is -0.0612. The van der Waals surface area contributed by atoms with Crippen molar-refractivity contribution in [3.8, 4) is 11.1 Å². The molecule has 1 aliphatic heterocycles. The number of hydrogen-bond donors (Lipinski definition) is 2. The minimum absolute atomic E-state index is 0.0341. The number of nitrogen functional groups attached to an aromatic ring is 1. The van der Waals surface area contributed by atoms with Crippen LogP contribution in [-0.4, -0.2) is 21.0 Å². The molecule has 4 heteroatoms. The SMILES string of the molecule is C=C(N1C(c2ccccc2N)NC2CCCCC21C)n1c2c(c3ccc(-c4cc5c6c7c(ccc6c4)=CC=CC7CC=5)cc31)C=CCC2. The Kier molecular flexibility index (Phi) is 6.09. The maximum Gasteiger partial charge on any atom is 0.110 e. The van der Waals surface area contributed by atoms with Crippen LogP contribution in [0.2, 0.25) is 0 Å². The topological polar surface area (TPSA) is 46.2 Å². The van der Waals surface area contributed by atoms with Crippen LogP contribution in [0.25, 0.3) is 56.9 Å². The first kappa shape index (κ1) is 28.2. The van der Waals surface area contributed by atoms with Gasteiger partial charge in [0.1, 0.15) is 12.0 Å². The molecule has 4 nitrogen and oxygen atoms in total. The number of allylic oxidation sites excluding steroid dienone is 3. The van der Waals surface area contributed by atoms with Gasteiger partial charge >= 0.3 is 0 Å². The number of nitrogens with two attached hydrogens (primary N) is 1. The largest absolute Gasteiger partial charge is 0.398 e. The number of benzene rings is 4. The lowest BCUT2D eigenvalue weighted by Gasteiger charge is -2.45. The highest BCUT2D eigenvalue weighted by molar-refractivity contribution is 5.98. The molecule has 0 radical (unpaired) electrons. The van der Waals surface area contributed by atoms with Crippen LogP contribution >= 0.6 is 0 Å². The predicted molar refractivity (Wildman–Crippen MR) is 201 cm³/mol. The van der Waals surface area contributed by atoms with E-state index in [4.69, 9.17) is 12.3 Å². The molecule has 48 heavy (non-hydrogen) atoms. The van der Waals surface area contributed by atoms with Crippen LogP contribution in [0.3, 0.4) is 0 Å². The van der Waals surface area contributed by atoms with Crippen molar-refractivity contribution in [2.45, 2.75) is 75.5 Å². The van der Waals surface area contributed by atoms with E-state index >= 15 is 0 Å². The molecular weight excluding hydrogens is 585 g/mol. The van der Waals surface area contributed by atoms with Crippen molar-refractivity contribution in [3.05, 3.63) is 124 Å². The van der Waals surface area contributed by atoms with Gasteiger partial charge < -0.3 is 10.6 Å². The first-order valence-corrected chi connectivity index (χ1v) is 17.9. The van der Waals surface area contributed by atoms with Crippen LogP contribution in [0.1, 0.15) is 79.9 Å². The fourth-order valence-electron chi connectivity index (χ4n) is 9.92. The Bertz CT molecular complexity index is 2390. The number of anilines is 1. The molecule has 1 aromatic heterocycles. The van der Waals surface area contributed by atoms with Crippen molar-refractivity contribution in [1.82, 2.24) is 14.8 Å². The molecule has 5 aliphatic rings. The lowest BCUT2D eigenvalue weighted by Crippen LogP contribution is -2.50. The Morgan fingerprint density at radius 2 is 1.92 bits per heavy atom. The number of rotatable bonds is 4. The van der Waals surface area contributed by atoms with Crippen molar-refractivity contribution in [3.63, 3.8) is 0 Å². The zero-order chi connectivity index (χ0) is 32.1. The van der Waals surface area contributed by atoms with E-state index in [0.717, 1.165) is 42.8 Å². The second-order valence-corrected chi connectivity index (χ2v) is 14.8. The van der Waals surface area contributed by atoms with Crippen LogP contribution in [0.4, 0.5) is 5.69 Å². The maximum absolute atomic E-state index is 6.68. The molecule has 2 heterocycles. The third-order valence-electron chi connectivity index (χ3n) is 12.2. The van der Waals surface area contributed by atoms with Crippen molar-refractivity contribution in [2.75, 3.05) is 5.73 Å². The van der Waals surface area contributed by atoms with Crippen molar-refractivity contribution < 1.29 is 0 Å². The molecule has 1 saturated heterocycles. The van der Waals surface area contributed by atoms with Gasteiger partial charge in [-0.05, 0) is 101 Å². The summed E-state index contributed by atoms with van der Waals surface area (Å²) in [6.45, 7) is 7.42. The number of nitrogens with zero attached hydrogens (tertiary/aromatic N) is 2. The highest BCUT2D eigenvalue weighted by Crippen LogP contribution is 2.49. The van der Waals surface area contributed by atoms with E-state index in [1.807, 2.05) is 12.1 Å². The number of hydrogen-bond acceptors (Lipinski definition) is 3. The monoisotopic (exact) mass is 626 g/mol. The fraction of sp³-hybridized carbons (Fsp3) is 0.273. The molecule has 238 valence electrons. The summed E-state index contributed by atoms with van der Waals surface area (Å²) in [6.07, 6.45) is 21.8. The molecule has 1 saturated carbocycles. The zero-order valence-corrected chi connectivity index (χ0v) is 27.7. The predicted octanol–water partition coefficient (Wildman–Crippen LogP) is 8.35. The van der Waals surface area contributed by atoms with Crippen LogP contribution < -0.4 is 21.5 Å². The Hall–Kier alpha value is -4.80. The molecule has 3 N–H and O–H groups in total. The van der Waals surface area contributed by atoms with Gasteiger partial charge in [-0.25, -0.2) is 0 Å². The number of fused-ring (bicyclic) bond motifs is 4. The Balaban J connectivity index is 1.16. The van der Waals surface area contributed by atoms with E-state index in [1.165, 1.54) is 79.3 Å². The quantitative estimate of drug-likeness (QED) is 0.197. The van der Waals surface area contributed by atoms with Gasteiger partial charge in [-0.2, -0.15) is 0 Å². The molecule has 0 amide bonds. The van der Waals surface area contributed by atoms with E-state index in [-0.39, 0.29) is 11.7 Å². The number of aromatic nitrogens is 1. The van der Waals surface area contributed by atoms with Gasteiger partial charge in [-0.3, -0.25) is 9.88 Å². The molecular formula is C44H42N4. The highest BCUT2D eigenvalue weighted by Gasteiger charge is 2.52. The van der Waals surface area contributed by atoms with Crippen LogP contribution in [-0.2, 0) is 6.42 Å². The maximum atomic E-state index is 6.68. The molecule has 2 fully saturated rings. The number of nitrogens with one attached hydrogen (secondary N) is 1. The fourth-order valence-corrected chi connectivity index (χ4v) is 9.92. The molecule has 4 unspecified atom stereocenters. The summed E-state index contributed by atoms with van der Waals surface area (Å²) in [7, 11) is 0. The molecule has 5 aromatic rings. The summed E-state index contributed by atoms with van der Waals surface area (Å²) >= 11 is 0. The Morgan fingerprint density at radius 1 is 1.00 bits per heavy atom. The van der Waals surface area contributed by atoms with Gasteiger partial charge in [0.05, 0.1) is 11.1 Å². The summed E-state index contributed by atoms with van der Waals surface area (Å²) in [5, 5.41) is 10.8. The molecule has 0 spiro atoms. The van der Waals surface area contributed by atoms with Gasteiger partial charge in [-0.1, -0.05) is 98.3 Å². The molecule has 4 aromatic carbocycles. The van der Waals surface area contributed by atoms with Gasteiger partial charge in [0.15, 0.2) is 0 Å². The Labute approximate surface area is 282 Å². The van der Waals surface area contributed by atoms with E-state index in [0.29, 0.717) is 12.0 Å². The van der Waals surface area contributed by atoms with Crippen molar-refractivity contribution in [1.29, 1.82) is 0 Å². The smallest absolute Gasteiger partial charge is 0.110 e. The van der Waals surface area contributed by atoms with E-state index in [9.17, 15) is 0 Å². The first-order chi connectivity index (χ1) is 23.5.